The largest absolute Gasteiger partial charge is 0.466 e. The van der Waals surface area contributed by atoms with Gasteiger partial charge < -0.3 is 9.47 Å². The molecule has 0 aromatic heterocycles. The van der Waals surface area contributed by atoms with Crippen molar-refractivity contribution < 1.29 is 14.3 Å². The van der Waals surface area contributed by atoms with Gasteiger partial charge >= 0.3 is 0 Å². The standard InChI is InChI=1S/C14H18O3/c1-5-16-10-17-12-8-6-11(7-9-12)13(15)14(2,3)4/h5-9H,1,10H2,2-4H3. The third kappa shape index (κ3) is 3.94. The molecule has 92 valence electrons. The molecule has 0 spiro atoms. The second kappa shape index (κ2) is 5.53. The van der Waals surface area contributed by atoms with Crippen LogP contribution in [0.25, 0.3) is 0 Å². The summed E-state index contributed by atoms with van der Waals surface area (Å²) in [4.78, 5) is 12.0. The smallest absolute Gasteiger partial charge is 0.229 e. The maximum atomic E-state index is 12.0. The first-order valence-electron chi connectivity index (χ1n) is 5.45. The van der Waals surface area contributed by atoms with Gasteiger partial charge in [-0.3, -0.25) is 4.79 Å². The summed E-state index contributed by atoms with van der Waals surface area (Å²) in [5.41, 5.74) is 0.323. The van der Waals surface area contributed by atoms with Crippen LogP contribution < -0.4 is 4.74 Å². The Morgan fingerprint density at radius 2 is 1.88 bits per heavy atom. The van der Waals surface area contributed by atoms with Crippen LogP contribution in [0.5, 0.6) is 5.75 Å². The van der Waals surface area contributed by atoms with Crippen molar-refractivity contribution in [2.45, 2.75) is 20.8 Å². The van der Waals surface area contributed by atoms with Crippen molar-refractivity contribution in [1.29, 1.82) is 0 Å². The molecule has 3 heteroatoms. The van der Waals surface area contributed by atoms with Crippen molar-refractivity contribution in [3.8, 4) is 5.75 Å². The van der Waals surface area contributed by atoms with E-state index in [4.69, 9.17) is 9.47 Å². The van der Waals surface area contributed by atoms with E-state index in [1.807, 2.05) is 20.8 Å². The van der Waals surface area contributed by atoms with E-state index in [0.717, 1.165) is 0 Å². The lowest BCUT2D eigenvalue weighted by atomic mass is 9.86. The van der Waals surface area contributed by atoms with Gasteiger partial charge in [0.2, 0.25) is 6.79 Å². The van der Waals surface area contributed by atoms with E-state index in [1.165, 1.54) is 6.26 Å². The molecule has 1 aromatic rings. The maximum Gasteiger partial charge on any atom is 0.229 e. The molecule has 0 aliphatic carbocycles. The van der Waals surface area contributed by atoms with Gasteiger partial charge in [-0.05, 0) is 24.3 Å². The Labute approximate surface area is 102 Å². The molecule has 17 heavy (non-hydrogen) atoms. The minimum absolute atomic E-state index is 0.117. The van der Waals surface area contributed by atoms with Gasteiger partial charge in [-0.2, -0.15) is 0 Å². The molecule has 3 nitrogen and oxygen atoms in total. The van der Waals surface area contributed by atoms with E-state index in [2.05, 4.69) is 6.58 Å². The summed E-state index contributed by atoms with van der Waals surface area (Å²) in [5.74, 6) is 0.781. The molecule has 0 amide bonds. The van der Waals surface area contributed by atoms with E-state index in [0.29, 0.717) is 11.3 Å². The van der Waals surface area contributed by atoms with Gasteiger partial charge in [0.25, 0.3) is 0 Å². The van der Waals surface area contributed by atoms with E-state index in [-0.39, 0.29) is 18.0 Å². The highest BCUT2D eigenvalue weighted by atomic mass is 16.7. The molecule has 0 fully saturated rings. The zero-order valence-electron chi connectivity index (χ0n) is 10.5. The zero-order valence-corrected chi connectivity index (χ0v) is 10.5. The van der Waals surface area contributed by atoms with Crippen LogP contribution in [0.4, 0.5) is 0 Å². The van der Waals surface area contributed by atoms with E-state index in [9.17, 15) is 4.79 Å². The lowest BCUT2D eigenvalue weighted by molar-refractivity contribution is 0.0806. The van der Waals surface area contributed by atoms with Crippen LogP contribution in [-0.4, -0.2) is 12.6 Å². The monoisotopic (exact) mass is 234 g/mol. The molecule has 1 aromatic carbocycles. The van der Waals surface area contributed by atoms with Crippen LogP contribution >= 0.6 is 0 Å². The fourth-order valence-electron chi connectivity index (χ4n) is 1.29. The Balaban J connectivity index is 2.68. The molecule has 0 bridgehead atoms. The third-order valence-electron chi connectivity index (χ3n) is 2.21. The summed E-state index contributed by atoms with van der Waals surface area (Å²) in [6.45, 7) is 9.23. The molecular weight excluding hydrogens is 216 g/mol. The van der Waals surface area contributed by atoms with Gasteiger partial charge in [-0.15, -0.1) is 0 Å². The molecule has 1 rings (SSSR count). The Hall–Kier alpha value is -1.77. The quantitative estimate of drug-likeness (QED) is 0.339. The minimum Gasteiger partial charge on any atom is -0.466 e. The predicted molar refractivity (Wildman–Crippen MR) is 67.0 cm³/mol. The lowest BCUT2D eigenvalue weighted by Gasteiger charge is -2.16. The van der Waals surface area contributed by atoms with Crippen LogP contribution in [0.2, 0.25) is 0 Å². The molecule has 0 aliphatic rings. The number of rotatable bonds is 5. The second-order valence-electron chi connectivity index (χ2n) is 4.70. The molecule has 0 radical (unpaired) electrons. The highest BCUT2D eigenvalue weighted by molar-refractivity contribution is 5.99. The average Bonchev–Trinajstić information content (AvgIpc) is 2.28. The van der Waals surface area contributed by atoms with Gasteiger partial charge in [0.15, 0.2) is 5.78 Å². The number of carbonyl (C=O) groups is 1. The third-order valence-corrected chi connectivity index (χ3v) is 2.21. The van der Waals surface area contributed by atoms with Crippen LogP contribution in [0.1, 0.15) is 31.1 Å². The zero-order chi connectivity index (χ0) is 12.9. The summed E-state index contributed by atoms with van der Waals surface area (Å²) in [7, 11) is 0. The normalized spacial score (nSPS) is 10.8. The van der Waals surface area contributed by atoms with E-state index < -0.39 is 0 Å². The minimum atomic E-state index is -0.367. The van der Waals surface area contributed by atoms with E-state index in [1.54, 1.807) is 24.3 Å². The van der Waals surface area contributed by atoms with Gasteiger partial charge in [0, 0.05) is 11.0 Å². The summed E-state index contributed by atoms with van der Waals surface area (Å²) in [6.07, 6.45) is 1.32. The van der Waals surface area contributed by atoms with Gasteiger partial charge in [-0.25, -0.2) is 0 Å². The molecule has 0 saturated heterocycles. The number of hydrogen-bond acceptors (Lipinski definition) is 3. The summed E-state index contributed by atoms with van der Waals surface area (Å²) < 4.78 is 10.1. The molecule has 0 atom stereocenters. The van der Waals surface area contributed by atoms with Crippen molar-refractivity contribution in [2.24, 2.45) is 5.41 Å². The van der Waals surface area contributed by atoms with Gasteiger partial charge in [0.1, 0.15) is 5.75 Å². The molecular formula is C14H18O3. The molecule has 0 aliphatic heterocycles. The maximum absolute atomic E-state index is 12.0. The SMILES string of the molecule is C=COCOc1ccc(C(=O)C(C)(C)C)cc1. The average molecular weight is 234 g/mol. The summed E-state index contributed by atoms with van der Waals surface area (Å²) in [6, 6.07) is 7.03. The van der Waals surface area contributed by atoms with E-state index >= 15 is 0 Å². The summed E-state index contributed by atoms with van der Waals surface area (Å²) in [5, 5.41) is 0. The Morgan fingerprint density at radius 1 is 1.29 bits per heavy atom. The number of hydrogen-bond donors (Lipinski definition) is 0. The highest BCUT2D eigenvalue weighted by Gasteiger charge is 2.22. The topological polar surface area (TPSA) is 35.5 Å². The molecule has 0 unspecified atom stereocenters. The Kier molecular flexibility index (Phi) is 4.32. The molecule has 0 saturated carbocycles. The van der Waals surface area contributed by atoms with Gasteiger partial charge in [-0.1, -0.05) is 27.4 Å². The van der Waals surface area contributed by atoms with Crippen molar-refractivity contribution in [3.63, 3.8) is 0 Å². The number of benzene rings is 1. The molecule has 0 N–H and O–H groups in total. The fourth-order valence-corrected chi connectivity index (χ4v) is 1.29. The number of Topliss-reactive ketones (excluding diaryl/α,β-unsaturated/α-hetero) is 1. The number of ether oxygens (including phenoxy) is 2. The predicted octanol–water partition coefficient (Wildman–Crippen LogP) is 3.41. The number of carbonyl (C=O) groups excluding carboxylic acids is 1. The van der Waals surface area contributed by atoms with Crippen molar-refractivity contribution >= 4 is 5.78 Å². The van der Waals surface area contributed by atoms with Crippen LogP contribution in [-0.2, 0) is 4.74 Å². The van der Waals surface area contributed by atoms with Crippen LogP contribution in [0, 0.1) is 5.41 Å². The first kappa shape index (κ1) is 13.3. The second-order valence-corrected chi connectivity index (χ2v) is 4.70. The summed E-state index contributed by atoms with van der Waals surface area (Å²) >= 11 is 0. The van der Waals surface area contributed by atoms with Crippen molar-refractivity contribution in [3.05, 3.63) is 42.7 Å². The first-order valence-corrected chi connectivity index (χ1v) is 5.45. The first-order chi connectivity index (χ1) is 7.95. The fraction of sp³-hybridized carbons (Fsp3) is 0.357. The lowest BCUT2D eigenvalue weighted by Crippen LogP contribution is -2.19. The van der Waals surface area contributed by atoms with Crippen molar-refractivity contribution in [1.82, 2.24) is 0 Å². The molecule has 0 heterocycles. The Bertz CT molecular complexity index is 385. The Morgan fingerprint density at radius 3 is 2.35 bits per heavy atom. The number of ketones is 1. The van der Waals surface area contributed by atoms with Gasteiger partial charge in [0.05, 0.1) is 6.26 Å². The highest BCUT2D eigenvalue weighted by Crippen LogP contribution is 2.22. The van der Waals surface area contributed by atoms with Crippen molar-refractivity contribution in [2.75, 3.05) is 6.79 Å². The van der Waals surface area contributed by atoms with Crippen LogP contribution in [0.3, 0.4) is 0 Å². The van der Waals surface area contributed by atoms with Crippen LogP contribution in [0.15, 0.2) is 37.1 Å².